The molecule has 3 unspecified atom stereocenters. The first kappa shape index (κ1) is 11.6. The predicted octanol–water partition coefficient (Wildman–Crippen LogP) is 1.12. The number of morpholine rings is 1. The highest BCUT2D eigenvalue weighted by molar-refractivity contribution is 5.10. The Balaban J connectivity index is 2.09. The van der Waals surface area contributed by atoms with Crippen LogP contribution in [0.4, 0.5) is 0 Å². The van der Waals surface area contributed by atoms with Gasteiger partial charge in [-0.05, 0) is 26.0 Å². The number of aromatic nitrogens is 1. The van der Waals surface area contributed by atoms with E-state index in [-0.39, 0.29) is 18.2 Å². The predicted molar refractivity (Wildman–Crippen MR) is 64.2 cm³/mol. The van der Waals surface area contributed by atoms with Crippen LogP contribution in [0, 0.1) is 0 Å². The van der Waals surface area contributed by atoms with Crippen molar-refractivity contribution in [3.8, 4) is 0 Å². The number of nitrogens with one attached hydrogen (secondary N) is 1. The Hall–Kier alpha value is -0.840. The summed E-state index contributed by atoms with van der Waals surface area (Å²) < 4.78 is 5.74. The quantitative estimate of drug-likeness (QED) is 0.807. The lowest BCUT2D eigenvalue weighted by Crippen LogP contribution is -2.48. The summed E-state index contributed by atoms with van der Waals surface area (Å²) in [4.78, 5) is 5.66. The number of H-pyrrole nitrogens is 1. The molecule has 1 aromatic heterocycles. The maximum Gasteiger partial charge on any atom is 0.0678 e. The van der Waals surface area contributed by atoms with Gasteiger partial charge in [-0.1, -0.05) is 0 Å². The highest BCUT2D eigenvalue weighted by Crippen LogP contribution is 2.22. The van der Waals surface area contributed by atoms with Crippen molar-refractivity contribution in [3.05, 3.63) is 24.0 Å². The Morgan fingerprint density at radius 1 is 1.50 bits per heavy atom. The highest BCUT2D eigenvalue weighted by atomic mass is 16.5. The zero-order valence-electron chi connectivity index (χ0n) is 10.0. The molecule has 16 heavy (non-hydrogen) atoms. The van der Waals surface area contributed by atoms with Crippen LogP contribution in [0.2, 0.25) is 0 Å². The molecule has 0 aliphatic carbocycles. The summed E-state index contributed by atoms with van der Waals surface area (Å²) in [5, 5.41) is 0. The number of nitrogens with two attached hydrogens (primary N) is 1. The molecule has 90 valence electrons. The standard InChI is InChI=1S/C12H21N3O/c1-9-7-15(8-10(2)16-9)12(6-13)11-4-3-5-14-11/h3-5,9-10,12,14H,6-8,13H2,1-2H3. The third-order valence-electron chi connectivity index (χ3n) is 3.09. The molecule has 2 heterocycles. The summed E-state index contributed by atoms with van der Waals surface area (Å²) in [5.41, 5.74) is 7.08. The van der Waals surface area contributed by atoms with E-state index in [1.165, 1.54) is 5.69 Å². The van der Waals surface area contributed by atoms with Gasteiger partial charge in [0.2, 0.25) is 0 Å². The summed E-state index contributed by atoms with van der Waals surface area (Å²) >= 11 is 0. The van der Waals surface area contributed by atoms with Crippen LogP contribution in [0.3, 0.4) is 0 Å². The van der Waals surface area contributed by atoms with Gasteiger partial charge in [0.05, 0.1) is 18.2 Å². The van der Waals surface area contributed by atoms with E-state index in [9.17, 15) is 0 Å². The Kier molecular flexibility index (Phi) is 3.63. The van der Waals surface area contributed by atoms with Gasteiger partial charge in [0.15, 0.2) is 0 Å². The first-order valence-corrected chi connectivity index (χ1v) is 5.93. The van der Waals surface area contributed by atoms with Crippen molar-refractivity contribution in [2.24, 2.45) is 5.73 Å². The van der Waals surface area contributed by atoms with Crippen molar-refractivity contribution in [1.82, 2.24) is 9.88 Å². The molecule has 0 bridgehead atoms. The van der Waals surface area contributed by atoms with E-state index in [4.69, 9.17) is 10.5 Å². The largest absolute Gasteiger partial charge is 0.373 e. The van der Waals surface area contributed by atoms with Crippen molar-refractivity contribution in [2.45, 2.75) is 32.1 Å². The number of nitrogens with zero attached hydrogens (tertiary/aromatic N) is 1. The molecule has 4 nitrogen and oxygen atoms in total. The first-order chi connectivity index (χ1) is 7.70. The zero-order valence-corrected chi connectivity index (χ0v) is 10.0. The van der Waals surface area contributed by atoms with Gasteiger partial charge in [0.25, 0.3) is 0 Å². The Bertz CT molecular complexity index is 302. The van der Waals surface area contributed by atoms with Crippen molar-refractivity contribution >= 4 is 0 Å². The Morgan fingerprint density at radius 3 is 2.69 bits per heavy atom. The molecule has 4 heteroatoms. The third kappa shape index (κ3) is 2.45. The minimum Gasteiger partial charge on any atom is -0.373 e. The van der Waals surface area contributed by atoms with E-state index < -0.39 is 0 Å². The molecule has 0 radical (unpaired) electrons. The maximum absolute atomic E-state index is 5.88. The van der Waals surface area contributed by atoms with Gasteiger partial charge in [-0.2, -0.15) is 0 Å². The van der Waals surface area contributed by atoms with Gasteiger partial charge in [0, 0.05) is 31.5 Å². The molecule has 3 N–H and O–H groups in total. The van der Waals surface area contributed by atoms with Gasteiger partial charge in [-0.25, -0.2) is 0 Å². The minimum atomic E-state index is 0.281. The average molecular weight is 223 g/mol. The Labute approximate surface area is 96.8 Å². The average Bonchev–Trinajstić information content (AvgIpc) is 2.70. The summed E-state index contributed by atoms with van der Waals surface area (Å²) in [6, 6.07) is 4.40. The molecule has 0 amide bonds. The van der Waals surface area contributed by atoms with Crippen LogP contribution >= 0.6 is 0 Å². The van der Waals surface area contributed by atoms with Gasteiger partial charge in [0.1, 0.15) is 0 Å². The second-order valence-electron chi connectivity index (χ2n) is 4.59. The number of hydrogen-bond acceptors (Lipinski definition) is 3. The molecule has 1 fully saturated rings. The van der Waals surface area contributed by atoms with Crippen LogP contribution in [-0.2, 0) is 4.74 Å². The highest BCUT2D eigenvalue weighted by Gasteiger charge is 2.28. The smallest absolute Gasteiger partial charge is 0.0678 e. The number of aromatic amines is 1. The van der Waals surface area contributed by atoms with Crippen LogP contribution in [-0.4, -0.2) is 41.7 Å². The molecule has 1 aliphatic heterocycles. The van der Waals surface area contributed by atoms with E-state index in [1.807, 2.05) is 12.3 Å². The van der Waals surface area contributed by atoms with Crippen molar-refractivity contribution in [1.29, 1.82) is 0 Å². The van der Waals surface area contributed by atoms with E-state index in [1.54, 1.807) is 0 Å². The third-order valence-corrected chi connectivity index (χ3v) is 3.09. The normalized spacial score (nSPS) is 29.2. The SMILES string of the molecule is CC1CN(C(CN)c2ccc[nH]2)CC(C)O1. The van der Waals surface area contributed by atoms with E-state index in [0.717, 1.165) is 13.1 Å². The molecular weight excluding hydrogens is 202 g/mol. The zero-order chi connectivity index (χ0) is 11.5. The lowest BCUT2D eigenvalue weighted by molar-refractivity contribution is -0.0803. The van der Waals surface area contributed by atoms with E-state index in [2.05, 4.69) is 29.8 Å². The number of rotatable bonds is 3. The maximum atomic E-state index is 5.88. The van der Waals surface area contributed by atoms with Gasteiger partial charge in [-0.15, -0.1) is 0 Å². The first-order valence-electron chi connectivity index (χ1n) is 5.93. The molecule has 0 saturated carbocycles. The number of ether oxygens (including phenoxy) is 1. The summed E-state index contributed by atoms with van der Waals surface area (Å²) in [6.45, 7) is 6.77. The lowest BCUT2D eigenvalue weighted by atomic mass is 10.1. The van der Waals surface area contributed by atoms with Crippen LogP contribution in [0.5, 0.6) is 0 Å². The summed E-state index contributed by atoms with van der Waals surface area (Å²) in [5.74, 6) is 0. The van der Waals surface area contributed by atoms with Crippen LogP contribution in [0.15, 0.2) is 18.3 Å². The fourth-order valence-electron chi connectivity index (χ4n) is 2.50. The second kappa shape index (κ2) is 4.99. The monoisotopic (exact) mass is 223 g/mol. The molecular formula is C12H21N3O. The van der Waals surface area contributed by atoms with Crippen LogP contribution in [0.1, 0.15) is 25.6 Å². The fourth-order valence-corrected chi connectivity index (χ4v) is 2.50. The minimum absolute atomic E-state index is 0.281. The van der Waals surface area contributed by atoms with Crippen molar-refractivity contribution < 1.29 is 4.74 Å². The molecule has 1 saturated heterocycles. The molecule has 1 aromatic rings. The Morgan fingerprint density at radius 2 is 2.19 bits per heavy atom. The molecule has 1 aliphatic rings. The topological polar surface area (TPSA) is 54.3 Å². The van der Waals surface area contributed by atoms with Gasteiger partial charge < -0.3 is 15.5 Å². The van der Waals surface area contributed by atoms with Crippen LogP contribution in [0.25, 0.3) is 0 Å². The molecule has 0 spiro atoms. The molecule has 2 rings (SSSR count). The second-order valence-corrected chi connectivity index (χ2v) is 4.59. The van der Waals surface area contributed by atoms with E-state index in [0.29, 0.717) is 6.54 Å². The number of hydrogen-bond donors (Lipinski definition) is 2. The summed E-state index contributed by atoms with van der Waals surface area (Å²) in [6.07, 6.45) is 2.52. The molecule has 3 atom stereocenters. The van der Waals surface area contributed by atoms with Crippen molar-refractivity contribution in [2.75, 3.05) is 19.6 Å². The van der Waals surface area contributed by atoms with Gasteiger partial charge >= 0.3 is 0 Å². The molecule has 0 aromatic carbocycles. The van der Waals surface area contributed by atoms with Crippen LogP contribution < -0.4 is 5.73 Å². The fraction of sp³-hybridized carbons (Fsp3) is 0.667. The lowest BCUT2D eigenvalue weighted by Gasteiger charge is -2.39. The van der Waals surface area contributed by atoms with Gasteiger partial charge in [-0.3, -0.25) is 4.90 Å². The van der Waals surface area contributed by atoms with E-state index >= 15 is 0 Å². The van der Waals surface area contributed by atoms with Crippen molar-refractivity contribution in [3.63, 3.8) is 0 Å². The summed E-state index contributed by atoms with van der Waals surface area (Å²) in [7, 11) is 0.